The van der Waals surface area contributed by atoms with Gasteiger partial charge in [-0.1, -0.05) is 19.1 Å². The minimum absolute atomic E-state index is 0.598. The van der Waals surface area contributed by atoms with Crippen LogP contribution in [0.15, 0.2) is 24.3 Å². The Balaban J connectivity index is 2.23. The van der Waals surface area contributed by atoms with Gasteiger partial charge in [-0.3, -0.25) is 0 Å². The van der Waals surface area contributed by atoms with Crippen molar-refractivity contribution in [2.75, 3.05) is 40.1 Å². The molecule has 0 aliphatic carbocycles. The third kappa shape index (κ3) is 7.82. The maximum atomic E-state index is 5.64. The van der Waals surface area contributed by atoms with Gasteiger partial charge in [-0.05, 0) is 24.1 Å². The molecule has 0 aliphatic heterocycles. The van der Waals surface area contributed by atoms with Gasteiger partial charge < -0.3 is 19.5 Å². The van der Waals surface area contributed by atoms with Crippen molar-refractivity contribution >= 4 is 0 Å². The summed E-state index contributed by atoms with van der Waals surface area (Å²) in [6.45, 7) is 6.54. The van der Waals surface area contributed by atoms with E-state index in [1.54, 1.807) is 7.11 Å². The largest absolute Gasteiger partial charge is 0.491 e. The summed E-state index contributed by atoms with van der Waals surface area (Å²) in [5, 5.41) is 3.31. The number of rotatable bonds is 11. The van der Waals surface area contributed by atoms with E-state index in [0.717, 1.165) is 38.5 Å². The Bertz CT molecular complexity index is 331. The Morgan fingerprint density at radius 1 is 1.11 bits per heavy atom. The molecule has 1 aromatic rings. The molecule has 19 heavy (non-hydrogen) atoms. The van der Waals surface area contributed by atoms with Crippen molar-refractivity contribution < 1.29 is 14.2 Å². The summed E-state index contributed by atoms with van der Waals surface area (Å²) in [6, 6.07) is 8.12. The number of hydrogen-bond donors (Lipinski definition) is 1. The molecule has 0 atom stereocenters. The number of hydrogen-bond acceptors (Lipinski definition) is 4. The molecule has 0 radical (unpaired) electrons. The molecule has 4 heteroatoms. The number of ether oxygens (including phenoxy) is 3. The number of benzene rings is 1. The highest BCUT2D eigenvalue weighted by Crippen LogP contribution is 2.13. The van der Waals surface area contributed by atoms with Gasteiger partial charge >= 0.3 is 0 Å². The second kappa shape index (κ2) is 10.8. The molecule has 0 saturated heterocycles. The summed E-state index contributed by atoms with van der Waals surface area (Å²) in [7, 11) is 1.71. The van der Waals surface area contributed by atoms with Crippen molar-refractivity contribution in [2.24, 2.45) is 0 Å². The average Bonchev–Trinajstić information content (AvgIpc) is 2.44. The Morgan fingerprint density at radius 3 is 2.79 bits per heavy atom. The zero-order valence-electron chi connectivity index (χ0n) is 12.0. The first-order valence-corrected chi connectivity index (χ1v) is 6.86. The molecule has 0 aliphatic rings. The van der Waals surface area contributed by atoms with Crippen LogP contribution in [0.25, 0.3) is 0 Å². The van der Waals surface area contributed by atoms with Gasteiger partial charge in [0.15, 0.2) is 0 Å². The molecule has 108 valence electrons. The molecule has 0 saturated carbocycles. The van der Waals surface area contributed by atoms with Gasteiger partial charge in [0.25, 0.3) is 0 Å². The molecule has 1 rings (SSSR count). The monoisotopic (exact) mass is 267 g/mol. The number of nitrogens with one attached hydrogen (secondary N) is 1. The maximum Gasteiger partial charge on any atom is 0.119 e. The van der Waals surface area contributed by atoms with E-state index in [-0.39, 0.29) is 0 Å². The van der Waals surface area contributed by atoms with Crippen LogP contribution in [-0.2, 0) is 16.0 Å². The summed E-state index contributed by atoms with van der Waals surface area (Å²) in [6.07, 6.45) is 1.04. The van der Waals surface area contributed by atoms with E-state index in [4.69, 9.17) is 14.2 Å². The molecular formula is C15H25NO3. The van der Waals surface area contributed by atoms with Crippen LogP contribution in [-0.4, -0.2) is 40.1 Å². The summed E-state index contributed by atoms with van der Waals surface area (Å²) in [5.74, 6) is 0.895. The van der Waals surface area contributed by atoms with Crippen LogP contribution in [0.3, 0.4) is 0 Å². The van der Waals surface area contributed by atoms with Crippen molar-refractivity contribution in [3.63, 3.8) is 0 Å². The van der Waals surface area contributed by atoms with Crippen LogP contribution in [0.4, 0.5) is 0 Å². The predicted octanol–water partition coefficient (Wildman–Crippen LogP) is 2.23. The first-order valence-electron chi connectivity index (χ1n) is 6.86. The van der Waals surface area contributed by atoms with Gasteiger partial charge in [0.2, 0.25) is 0 Å². The van der Waals surface area contributed by atoms with Crippen LogP contribution in [0.5, 0.6) is 5.75 Å². The van der Waals surface area contributed by atoms with Crippen LogP contribution >= 0.6 is 0 Å². The Hall–Kier alpha value is -1.10. The van der Waals surface area contributed by atoms with Crippen molar-refractivity contribution in [1.29, 1.82) is 0 Å². The Morgan fingerprint density at radius 2 is 2.00 bits per heavy atom. The van der Waals surface area contributed by atoms with Crippen LogP contribution in [0.2, 0.25) is 0 Å². The van der Waals surface area contributed by atoms with Crippen LogP contribution < -0.4 is 10.1 Å². The van der Waals surface area contributed by atoms with E-state index >= 15 is 0 Å². The molecule has 0 fully saturated rings. The summed E-state index contributed by atoms with van der Waals surface area (Å²) < 4.78 is 16.0. The van der Waals surface area contributed by atoms with Crippen molar-refractivity contribution in [3.8, 4) is 5.75 Å². The smallest absolute Gasteiger partial charge is 0.119 e. The summed E-state index contributed by atoms with van der Waals surface area (Å²) in [5.41, 5.74) is 1.21. The van der Waals surface area contributed by atoms with Gasteiger partial charge in [-0.25, -0.2) is 0 Å². The summed E-state index contributed by atoms with van der Waals surface area (Å²) in [4.78, 5) is 0. The van der Waals surface area contributed by atoms with Gasteiger partial charge in [0, 0.05) is 26.8 Å². The molecule has 4 nitrogen and oxygen atoms in total. The van der Waals surface area contributed by atoms with Crippen molar-refractivity contribution in [2.45, 2.75) is 19.9 Å². The number of methoxy groups -OCH3 is 1. The molecule has 0 spiro atoms. The highest BCUT2D eigenvalue weighted by molar-refractivity contribution is 5.28. The average molecular weight is 267 g/mol. The minimum Gasteiger partial charge on any atom is -0.491 e. The molecule has 0 unspecified atom stereocenters. The van der Waals surface area contributed by atoms with E-state index < -0.39 is 0 Å². The van der Waals surface area contributed by atoms with Gasteiger partial charge in [-0.2, -0.15) is 0 Å². The minimum atomic E-state index is 0.598. The molecule has 1 aromatic carbocycles. The highest BCUT2D eigenvalue weighted by Gasteiger charge is 1.97. The fraction of sp³-hybridized carbons (Fsp3) is 0.600. The van der Waals surface area contributed by atoms with Crippen LogP contribution in [0, 0.1) is 0 Å². The molecular weight excluding hydrogens is 242 g/mol. The van der Waals surface area contributed by atoms with Gasteiger partial charge in [0.1, 0.15) is 12.4 Å². The molecule has 0 heterocycles. The standard InChI is InChI=1S/C15H25NO3/c1-3-8-18-10-11-19-15-6-4-5-14(12-15)13-16-7-9-17-2/h4-6,12,16H,3,7-11,13H2,1-2H3. The first kappa shape index (κ1) is 16.0. The zero-order valence-corrected chi connectivity index (χ0v) is 12.0. The van der Waals surface area contributed by atoms with E-state index in [2.05, 4.69) is 24.4 Å². The fourth-order valence-electron chi connectivity index (χ4n) is 1.62. The van der Waals surface area contributed by atoms with E-state index in [9.17, 15) is 0 Å². The second-order valence-electron chi connectivity index (χ2n) is 4.28. The Kier molecular flexibility index (Phi) is 9.06. The fourth-order valence-corrected chi connectivity index (χ4v) is 1.62. The normalized spacial score (nSPS) is 10.6. The van der Waals surface area contributed by atoms with E-state index in [0.29, 0.717) is 13.2 Å². The van der Waals surface area contributed by atoms with E-state index in [1.165, 1.54) is 5.56 Å². The van der Waals surface area contributed by atoms with Crippen LogP contribution in [0.1, 0.15) is 18.9 Å². The lowest BCUT2D eigenvalue weighted by Gasteiger charge is -2.09. The lowest BCUT2D eigenvalue weighted by Crippen LogP contribution is -2.18. The predicted molar refractivity (Wildman–Crippen MR) is 76.6 cm³/mol. The van der Waals surface area contributed by atoms with Crippen molar-refractivity contribution in [1.82, 2.24) is 5.32 Å². The lowest BCUT2D eigenvalue weighted by atomic mass is 10.2. The maximum absolute atomic E-state index is 5.64. The highest BCUT2D eigenvalue weighted by atomic mass is 16.5. The molecule has 0 aromatic heterocycles. The Labute approximate surface area is 116 Å². The van der Waals surface area contributed by atoms with Crippen molar-refractivity contribution in [3.05, 3.63) is 29.8 Å². The molecule has 1 N–H and O–H groups in total. The van der Waals surface area contributed by atoms with E-state index in [1.807, 2.05) is 12.1 Å². The quantitative estimate of drug-likeness (QED) is 0.624. The topological polar surface area (TPSA) is 39.7 Å². The van der Waals surface area contributed by atoms with Gasteiger partial charge in [-0.15, -0.1) is 0 Å². The SMILES string of the molecule is CCCOCCOc1cccc(CNCCOC)c1. The molecule has 0 bridgehead atoms. The first-order chi connectivity index (χ1) is 9.36. The van der Waals surface area contributed by atoms with Gasteiger partial charge in [0.05, 0.1) is 13.2 Å². The molecule has 0 amide bonds. The zero-order chi connectivity index (χ0) is 13.8. The second-order valence-corrected chi connectivity index (χ2v) is 4.28. The lowest BCUT2D eigenvalue weighted by molar-refractivity contribution is 0.101. The summed E-state index contributed by atoms with van der Waals surface area (Å²) >= 11 is 0. The third-order valence-electron chi connectivity index (χ3n) is 2.56. The third-order valence-corrected chi connectivity index (χ3v) is 2.56.